The van der Waals surface area contributed by atoms with Crippen LogP contribution in [0.25, 0.3) is 0 Å². The monoisotopic (exact) mass is 310 g/mol. The number of aryl methyl sites for hydroxylation is 2. The van der Waals surface area contributed by atoms with E-state index in [1.54, 1.807) is 0 Å². The topological polar surface area (TPSA) is 49.4 Å². The van der Waals surface area contributed by atoms with E-state index >= 15 is 0 Å². The maximum absolute atomic E-state index is 11.8. The van der Waals surface area contributed by atoms with Crippen LogP contribution in [-0.4, -0.2) is 29.8 Å². The van der Waals surface area contributed by atoms with Gasteiger partial charge in [0.05, 0.1) is 6.42 Å². The number of anilines is 1. The number of carbonyl (C=O) groups excluding carboxylic acids is 2. The molecular weight excluding hydrogens is 296 g/mol. The Bertz CT molecular complexity index is 505. The molecule has 1 aromatic rings. The number of nitrogens with zero attached hydrogens (tertiary/aromatic N) is 1. The number of imide groups is 1. The Hall–Kier alpha value is -1.36. The SMILES string of the molecule is Cc1cc(NC2CC(=O)N(C)C2=O)cc(C)c1Br. The zero-order valence-electron chi connectivity index (χ0n) is 10.6. The van der Waals surface area contributed by atoms with Crippen LogP contribution in [0.2, 0.25) is 0 Å². The second-order valence-electron chi connectivity index (χ2n) is 4.62. The molecule has 1 unspecified atom stereocenters. The average molecular weight is 311 g/mol. The summed E-state index contributed by atoms with van der Waals surface area (Å²) in [5, 5.41) is 3.13. The average Bonchev–Trinajstić information content (AvgIpc) is 2.54. The van der Waals surface area contributed by atoms with Crippen LogP contribution in [0.4, 0.5) is 5.69 Å². The fraction of sp³-hybridized carbons (Fsp3) is 0.385. The zero-order valence-corrected chi connectivity index (χ0v) is 12.2. The third-order valence-corrected chi connectivity index (χ3v) is 4.41. The second-order valence-corrected chi connectivity index (χ2v) is 5.41. The summed E-state index contributed by atoms with van der Waals surface area (Å²) in [4.78, 5) is 24.4. The number of halogens is 1. The van der Waals surface area contributed by atoms with Gasteiger partial charge in [-0.25, -0.2) is 0 Å². The summed E-state index contributed by atoms with van der Waals surface area (Å²) in [5.74, 6) is -0.304. The third-order valence-electron chi connectivity index (χ3n) is 3.16. The van der Waals surface area contributed by atoms with E-state index in [9.17, 15) is 9.59 Å². The summed E-state index contributed by atoms with van der Waals surface area (Å²) in [5.41, 5.74) is 3.07. The van der Waals surface area contributed by atoms with E-state index < -0.39 is 6.04 Å². The number of amides is 2. The van der Waals surface area contributed by atoms with Gasteiger partial charge in [-0.2, -0.15) is 0 Å². The Kier molecular flexibility index (Phi) is 3.43. The van der Waals surface area contributed by atoms with Crippen LogP contribution >= 0.6 is 15.9 Å². The molecular formula is C13H15BrN2O2. The first-order valence-corrected chi connectivity index (χ1v) is 6.53. The van der Waals surface area contributed by atoms with Crippen molar-refractivity contribution in [2.24, 2.45) is 0 Å². The quantitative estimate of drug-likeness (QED) is 0.852. The molecule has 2 rings (SSSR count). The van der Waals surface area contributed by atoms with Crippen molar-refractivity contribution in [1.82, 2.24) is 4.90 Å². The lowest BCUT2D eigenvalue weighted by molar-refractivity contribution is -0.136. The highest BCUT2D eigenvalue weighted by atomic mass is 79.9. The number of hydrogen-bond acceptors (Lipinski definition) is 3. The molecule has 0 aromatic heterocycles. The molecule has 1 N–H and O–H groups in total. The van der Waals surface area contributed by atoms with E-state index in [0.717, 1.165) is 21.3 Å². The zero-order chi connectivity index (χ0) is 13.4. The molecule has 1 saturated heterocycles. The van der Waals surface area contributed by atoms with Crippen molar-refractivity contribution in [1.29, 1.82) is 0 Å². The van der Waals surface area contributed by atoms with E-state index in [4.69, 9.17) is 0 Å². The maximum atomic E-state index is 11.8. The van der Waals surface area contributed by atoms with E-state index in [-0.39, 0.29) is 18.2 Å². The van der Waals surface area contributed by atoms with Gasteiger partial charge >= 0.3 is 0 Å². The molecule has 1 fully saturated rings. The number of hydrogen-bond donors (Lipinski definition) is 1. The van der Waals surface area contributed by atoms with Crippen molar-refractivity contribution in [3.05, 3.63) is 27.7 Å². The smallest absolute Gasteiger partial charge is 0.251 e. The van der Waals surface area contributed by atoms with Crippen LogP contribution in [-0.2, 0) is 9.59 Å². The number of benzene rings is 1. The molecule has 0 saturated carbocycles. The molecule has 2 amide bonds. The Morgan fingerprint density at radius 1 is 1.28 bits per heavy atom. The first kappa shape index (κ1) is 13.1. The molecule has 1 heterocycles. The van der Waals surface area contributed by atoms with E-state index in [2.05, 4.69) is 21.2 Å². The molecule has 96 valence electrons. The number of nitrogens with one attached hydrogen (secondary N) is 1. The fourth-order valence-corrected chi connectivity index (χ4v) is 2.33. The largest absolute Gasteiger partial charge is 0.373 e. The van der Waals surface area contributed by atoms with Crippen molar-refractivity contribution in [2.45, 2.75) is 26.3 Å². The van der Waals surface area contributed by atoms with Gasteiger partial charge in [0.1, 0.15) is 6.04 Å². The molecule has 1 atom stereocenters. The summed E-state index contributed by atoms with van der Waals surface area (Å²) < 4.78 is 1.07. The summed E-state index contributed by atoms with van der Waals surface area (Å²) in [7, 11) is 1.52. The molecule has 0 radical (unpaired) electrons. The van der Waals surface area contributed by atoms with Crippen LogP contribution in [0, 0.1) is 13.8 Å². The van der Waals surface area contributed by atoms with Gasteiger partial charge in [0.15, 0.2) is 0 Å². The van der Waals surface area contributed by atoms with Gasteiger partial charge in [0.25, 0.3) is 5.91 Å². The van der Waals surface area contributed by atoms with Crippen molar-refractivity contribution in [3.63, 3.8) is 0 Å². The molecule has 0 spiro atoms. The number of rotatable bonds is 2. The van der Waals surface area contributed by atoms with Gasteiger partial charge in [0, 0.05) is 17.2 Å². The number of likely N-dealkylation sites (tertiary alicyclic amines) is 1. The van der Waals surface area contributed by atoms with Gasteiger partial charge in [0.2, 0.25) is 5.91 Å². The van der Waals surface area contributed by atoms with Crippen LogP contribution < -0.4 is 5.32 Å². The Balaban J connectivity index is 2.21. The molecule has 5 heteroatoms. The lowest BCUT2D eigenvalue weighted by Crippen LogP contribution is -2.31. The van der Waals surface area contributed by atoms with E-state index in [1.165, 1.54) is 11.9 Å². The summed E-state index contributed by atoms with van der Waals surface area (Å²) in [6.07, 6.45) is 0.226. The standard InChI is InChI=1S/C13H15BrN2O2/c1-7-4-9(5-8(2)12(7)14)15-10-6-11(17)16(3)13(10)18/h4-5,10,15H,6H2,1-3H3. The highest BCUT2D eigenvalue weighted by Crippen LogP contribution is 2.26. The molecule has 1 aliphatic heterocycles. The maximum Gasteiger partial charge on any atom is 0.251 e. The summed E-state index contributed by atoms with van der Waals surface area (Å²) in [6, 6.07) is 3.49. The highest BCUT2D eigenvalue weighted by molar-refractivity contribution is 9.10. The third kappa shape index (κ3) is 2.27. The van der Waals surface area contributed by atoms with Crippen molar-refractivity contribution >= 4 is 33.4 Å². The van der Waals surface area contributed by atoms with Crippen molar-refractivity contribution < 1.29 is 9.59 Å². The lowest BCUT2D eigenvalue weighted by Gasteiger charge is -2.14. The summed E-state index contributed by atoms with van der Waals surface area (Å²) in [6.45, 7) is 3.99. The van der Waals surface area contributed by atoms with E-state index in [0.29, 0.717) is 0 Å². The Labute approximate surface area is 114 Å². The Morgan fingerprint density at radius 3 is 2.28 bits per heavy atom. The van der Waals surface area contributed by atoms with Crippen LogP contribution in [0.3, 0.4) is 0 Å². The minimum absolute atomic E-state index is 0.136. The van der Waals surface area contributed by atoms with Crippen molar-refractivity contribution in [3.8, 4) is 0 Å². The predicted octanol–water partition coefficient (Wildman–Crippen LogP) is 2.24. The van der Waals surface area contributed by atoms with Crippen molar-refractivity contribution in [2.75, 3.05) is 12.4 Å². The second kappa shape index (κ2) is 4.72. The van der Waals surface area contributed by atoms with Gasteiger partial charge in [-0.1, -0.05) is 15.9 Å². The summed E-state index contributed by atoms with van der Waals surface area (Å²) >= 11 is 3.50. The molecule has 0 bridgehead atoms. The first-order valence-electron chi connectivity index (χ1n) is 5.74. The first-order chi connectivity index (χ1) is 8.40. The van der Waals surface area contributed by atoms with Gasteiger partial charge in [-0.15, -0.1) is 0 Å². The van der Waals surface area contributed by atoms with Gasteiger partial charge in [-0.3, -0.25) is 14.5 Å². The number of carbonyl (C=O) groups is 2. The fourth-order valence-electron chi connectivity index (χ4n) is 2.10. The van der Waals surface area contributed by atoms with Crippen LogP contribution in [0.15, 0.2) is 16.6 Å². The molecule has 4 nitrogen and oxygen atoms in total. The van der Waals surface area contributed by atoms with Gasteiger partial charge in [-0.05, 0) is 37.1 Å². The van der Waals surface area contributed by atoms with Gasteiger partial charge < -0.3 is 5.32 Å². The lowest BCUT2D eigenvalue weighted by atomic mass is 10.1. The minimum Gasteiger partial charge on any atom is -0.373 e. The number of likely N-dealkylation sites (N-methyl/N-ethyl adjacent to an activating group) is 1. The predicted molar refractivity (Wildman–Crippen MR) is 73.4 cm³/mol. The van der Waals surface area contributed by atoms with Crippen LogP contribution in [0.1, 0.15) is 17.5 Å². The molecule has 1 aliphatic rings. The van der Waals surface area contributed by atoms with Crippen LogP contribution in [0.5, 0.6) is 0 Å². The molecule has 0 aliphatic carbocycles. The molecule has 18 heavy (non-hydrogen) atoms. The minimum atomic E-state index is -0.442. The molecule has 1 aromatic carbocycles. The normalized spacial score (nSPS) is 19.6. The van der Waals surface area contributed by atoms with E-state index in [1.807, 2.05) is 26.0 Å². The Morgan fingerprint density at radius 2 is 1.83 bits per heavy atom. The highest BCUT2D eigenvalue weighted by Gasteiger charge is 2.35.